The van der Waals surface area contributed by atoms with Crippen molar-refractivity contribution in [3.8, 4) is 0 Å². The molecule has 1 fully saturated rings. The lowest BCUT2D eigenvalue weighted by atomic mass is 10.1. The van der Waals surface area contributed by atoms with Crippen LogP contribution >= 0.6 is 0 Å². The molecule has 0 aromatic heterocycles. The maximum Gasteiger partial charge on any atom is 0.289 e. The Morgan fingerprint density at radius 2 is 1.78 bits per heavy atom. The van der Waals surface area contributed by atoms with Gasteiger partial charge in [0.05, 0.1) is 0 Å². The molecule has 1 aromatic carbocycles. The zero-order chi connectivity index (χ0) is 19.8. The summed E-state index contributed by atoms with van der Waals surface area (Å²) in [6.45, 7) is 4.67. The van der Waals surface area contributed by atoms with Crippen molar-refractivity contribution in [3.63, 3.8) is 0 Å². The van der Waals surface area contributed by atoms with E-state index in [0.29, 0.717) is 32.5 Å². The van der Waals surface area contributed by atoms with Gasteiger partial charge in [-0.2, -0.15) is 0 Å². The fraction of sp³-hybridized carbons (Fsp3) is 0.500. The third kappa shape index (κ3) is 5.91. The number of likely N-dealkylation sites (tertiary alicyclic amines) is 1. The van der Waals surface area contributed by atoms with Crippen LogP contribution in [0.5, 0.6) is 0 Å². The van der Waals surface area contributed by atoms with Crippen molar-refractivity contribution in [2.45, 2.75) is 45.7 Å². The first-order valence-corrected chi connectivity index (χ1v) is 9.33. The lowest BCUT2D eigenvalue weighted by Crippen LogP contribution is -2.45. The number of carbonyl (C=O) groups excluding carboxylic acids is 4. The molecule has 146 valence electrons. The van der Waals surface area contributed by atoms with Gasteiger partial charge in [-0.25, -0.2) is 0 Å². The van der Waals surface area contributed by atoms with Crippen molar-refractivity contribution in [1.29, 1.82) is 0 Å². The van der Waals surface area contributed by atoms with Crippen molar-refractivity contribution in [2.24, 2.45) is 5.92 Å². The van der Waals surface area contributed by atoms with Crippen LogP contribution in [0.4, 0.5) is 0 Å². The Bertz CT molecular complexity index is 688. The molecule has 1 aliphatic heterocycles. The fourth-order valence-electron chi connectivity index (χ4n) is 2.93. The third-order valence-electron chi connectivity index (χ3n) is 4.51. The summed E-state index contributed by atoms with van der Waals surface area (Å²) >= 11 is 0. The Hall–Kier alpha value is -2.70. The summed E-state index contributed by atoms with van der Waals surface area (Å²) in [4.78, 5) is 49.7. The molecule has 0 saturated carbocycles. The van der Waals surface area contributed by atoms with Crippen LogP contribution < -0.4 is 10.6 Å². The summed E-state index contributed by atoms with van der Waals surface area (Å²) in [6.07, 6.45) is 1.18. The van der Waals surface area contributed by atoms with E-state index in [1.54, 1.807) is 13.8 Å². The number of hydrogen-bond donors (Lipinski definition) is 2. The highest BCUT2D eigenvalue weighted by Gasteiger charge is 2.38. The molecule has 0 aliphatic carbocycles. The Morgan fingerprint density at radius 3 is 2.44 bits per heavy atom. The van der Waals surface area contributed by atoms with Crippen LogP contribution in [0, 0.1) is 5.92 Å². The van der Waals surface area contributed by atoms with Crippen molar-refractivity contribution in [1.82, 2.24) is 15.5 Å². The number of Topliss-reactive ketones (excluding diaryl/α,β-unsaturated/α-hetero) is 1. The summed E-state index contributed by atoms with van der Waals surface area (Å²) in [5, 5.41) is 5.34. The minimum Gasteiger partial charge on any atom is -0.356 e. The Morgan fingerprint density at radius 1 is 1.11 bits per heavy atom. The van der Waals surface area contributed by atoms with Gasteiger partial charge in [0.2, 0.25) is 17.6 Å². The minimum atomic E-state index is -0.710. The van der Waals surface area contributed by atoms with E-state index in [9.17, 15) is 19.2 Å². The third-order valence-corrected chi connectivity index (χ3v) is 4.51. The highest BCUT2D eigenvalue weighted by molar-refractivity contribution is 6.38. The summed E-state index contributed by atoms with van der Waals surface area (Å²) in [5.41, 5.74) is 0.923. The van der Waals surface area contributed by atoms with Crippen LogP contribution in [0.2, 0.25) is 0 Å². The van der Waals surface area contributed by atoms with Gasteiger partial charge in [-0.1, -0.05) is 44.2 Å². The first-order valence-electron chi connectivity index (χ1n) is 9.33. The molecule has 27 heavy (non-hydrogen) atoms. The van der Waals surface area contributed by atoms with Gasteiger partial charge in [0, 0.05) is 32.0 Å². The van der Waals surface area contributed by atoms with E-state index < -0.39 is 17.7 Å². The highest BCUT2D eigenvalue weighted by Crippen LogP contribution is 2.22. The fourth-order valence-corrected chi connectivity index (χ4v) is 2.93. The molecule has 0 spiro atoms. The summed E-state index contributed by atoms with van der Waals surface area (Å²) in [6, 6.07) is 8.69. The van der Waals surface area contributed by atoms with Gasteiger partial charge in [0.15, 0.2) is 0 Å². The van der Waals surface area contributed by atoms with Crippen LogP contribution in [0.1, 0.15) is 38.7 Å². The molecule has 0 bridgehead atoms. The first-order chi connectivity index (χ1) is 12.9. The van der Waals surface area contributed by atoms with Gasteiger partial charge in [0.1, 0.15) is 6.04 Å². The number of ketones is 1. The predicted octanol–water partition coefficient (Wildman–Crippen LogP) is 1.03. The SMILES string of the molecule is CC(C)C(=O)NCCCNC(=O)C(=O)[C@H]1CCC(=O)N1Cc1ccccc1. The number of benzene rings is 1. The Balaban J connectivity index is 1.81. The number of rotatable bonds is 9. The van der Waals surface area contributed by atoms with E-state index >= 15 is 0 Å². The van der Waals surface area contributed by atoms with Crippen LogP contribution in [0.25, 0.3) is 0 Å². The van der Waals surface area contributed by atoms with Gasteiger partial charge in [0.25, 0.3) is 5.91 Å². The van der Waals surface area contributed by atoms with Crippen LogP contribution in [0.3, 0.4) is 0 Å². The molecule has 0 radical (unpaired) electrons. The number of nitrogens with one attached hydrogen (secondary N) is 2. The van der Waals surface area contributed by atoms with Crippen LogP contribution in [-0.2, 0) is 25.7 Å². The van der Waals surface area contributed by atoms with E-state index in [4.69, 9.17) is 0 Å². The van der Waals surface area contributed by atoms with E-state index in [2.05, 4.69) is 10.6 Å². The molecule has 7 nitrogen and oxygen atoms in total. The second-order valence-corrected chi connectivity index (χ2v) is 6.98. The molecule has 2 N–H and O–H groups in total. The number of nitrogens with zero attached hydrogens (tertiary/aromatic N) is 1. The second kappa shape index (κ2) is 9.85. The van der Waals surface area contributed by atoms with E-state index in [1.807, 2.05) is 30.3 Å². The second-order valence-electron chi connectivity index (χ2n) is 6.98. The molecule has 1 atom stereocenters. The molecule has 1 aliphatic rings. The summed E-state index contributed by atoms with van der Waals surface area (Å²) < 4.78 is 0. The first kappa shape index (κ1) is 20.6. The monoisotopic (exact) mass is 373 g/mol. The molecular weight excluding hydrogens is 346 g/mol. The van der Waals surface area contributed by atoms with E-state index in [0.717, 1.165) is 5.56 Å². The molecule has 1 saturated heterocycles. The summed E-state index contributed by atoms with van der Waals surface area (Å²) in [5.74, 6) is -1.50. The molecular formula is C20H27N3O4. The van der Waals surface area contributed by atoms with Crippen LogP contribution in [0.15, 0.2) is 30.3 Å². The van der Waals surface area contributed by atoms with Gasteiger partial charge >= 0.3 is 0 Å². The standard InChI is InChI=1S/C20H27N3O4/c1-14(2)19(26)21-11-6-12-22-20(27)18(25)16-9-10-17(24)23(16)13-15-7-4-3-5-8-15/h3-5,7-8,14,16H,6,9-13H2,1-2H3,(H,21,26)(H,22,27)/t16-/m1/s1. The largest absolute Gasteiger partial charge is 0.356 e. The minimum absolute atomic E-state index is 0.0431. The van der Waals surface area contributed by atoms with Crippen molar-refractivity contribution in [3.05, 3.63) is 35.9 Å². The van der Waals surface area contributed by atoms with E-state index in [1.165, 1.54) is 4.90 Å². The maximum atomic E-state index is 12.5. The molecule has 3 amide bonds. The average molecular weight is 373 g/mol. The smallest absolute Gasteiger partial charge is 0.289 e. The Labute approximate surface area is 159 Å². The number of carbonyl (C=O) groups is 4. The van der Waals surface area contributed by atoms with Crippen molar-refractivity contribution >= 4 is 23.5 Å². The zero-order valence-corrected chi connectivity index (χ0v) is 15.9. The van der Waals surface area contributed by atoms with Crippen molar-refractivity contribution < 1.29 is 19.2 Å². The quantitative estimate of drug-likeness (QED) is 0.499. The Kier molecular flexibility index (Phi) is 7.52. The molecule has 0 unspecified atom stereocenters. The van der Waals surface area contributed by atoms with E-state index in [-0.39, 0.29) is 24.2 Å². The molecule has 2 rings (SSSR count). The van der Waals surface area contributed by atoms with Gasteiger partial charge in [-0.15, -0.1) is 0 Å². The van der Waals surface area contributed by atoms with Gasteiger partial charge < -0.3 is 15.5 Å². The average Bonchev–Trinajstić information content (AvgIpc) is 3.01. The van der Waals surface area contributed by atoms with Gasteiger partial charge in [-0.3, -0.25) is 19.2 Å². The van der Waals surface area contributed by atoms with Crippen molar-refractivity contribution in [2.75, 3.05) is 13.1 Å². The number of hydrogen-bond acceptors (Lipinski definition) is 4. The number of amides is 3. The molecule has 1 aromatic rings. The predicted molar refractivity (Wildman–Crippen MR) is 100 cm³/mol. The highest BCUT2D eigenvalue weighted by atomic mass is 16.2. The maximum absolute atomic E-state index is 12.5. The normalized spacial score (nSPS) is 16.5. The molecule has 1 heterocycles. The van der Waals surface area contributed by atoms with Crippen LogP contribution in [-0.4, -0.2) is 47.5 Å². The molecule has 7 heteroatoms. The lowest BCUT2D eigenvalue weighted by Gasteiger charge is -2.23. The van der Waals surface area contributed by atoms with Gasteiger partial charge in [-0.05, 0) is 18.4 Å². The lowest BCUT2D eigenvalue weighted by molar-refractivity contribution is -0.143. The topological polar surface area (TPSA) is 95.6 Å². The zero-order valence-electron chi connectivity index (χ0n) is 15.9. The summed E-state index contributed by atoms with van der Waals surface area (Å²) in [7, 11) is 0.